The van der Waals surface area contributed by atoms with Crippen molar-refractivity contribution in [1.29, 1.82) is 0 Å². The van der Waals surface area contributed by atoms with Crippen molar-refractivity contribution >= 4 is 11.3 Å². The highest BCUT2D eigenvalue weighted by Gasteiger charge is 2.32. The summed E-state index contributed by atoms with van der Waals surface area (Å²) >= 11 is 1.85. The van der Waals surface area contributed by atoms with Gasteiger partial charge in [-0.25, -0.2) is 0 Å². The number of thiophene rings is 1. The fraction of sp³-hybridized carbons (Fsp3) is 0.571. The van der Waals surface area contributed by atoms with E-state index in [1.54, 1.807) is 0 Å². The largest absolute Gasteiger partial charge is 0.376 e. The van der Waals surface area contributed by atoms with Crippen LogP contribution in [0, 0.1) is 5.92 Å². The third-order valence-electron chi connectivity index (χ3n) is 2.90. The smallest absolute Gasteiger partial charge is 0.0672 e. The number of hydrogen-bond acceptors (Lipinski definition) is 3. The average molecular weight is 251 g/mol. The summed E-state index contributed by atoms with van der Waals surface area (Å²) in [7, 11) is 0. The van der Waals surface area contributed by atoms with Gasteiger partial charge in [0.25, 0.3) is 0 Å². The maximum absolute atomic E-state index is 5.50. The normalized spacial score (nSPS) is 17.0. The molecule has 17 heavy (non-hydrogen) atoms. The number of rotatable bonds is 8. The van der Waals surface area contributed by atoms with Crippen LogP contribution in [-0.4, -0.2) is 19.8 Å². The molecule has 1 aromatic heterocycles. The van der Waals surface area contributed by atoms with Gasteiger partial charge in [0.15, 0.2) is 0 Å². The summed E-state index contributed by atoms with van der Waals surface area (Å²) in [6.07, 6.45) is 2.73. The molecule has 2 nitrogen and oxygen atoms in total. The van der Waals surface area contributed by atoms with Gasteiger partial charge in [-0.3, -0.25) is 0 Å². The van der Waals surface area contributed by atoms with Crippen LogP contribution < -0.4 is 5.32 Å². The first-order chi connectivity index (χ1) is 8.27. The fourth-order valence-corrected chi connectivity index (χ4v) is 2.82. The van der Waals surface area contributed by atoms with Gasteiger partial charge in [-0.15, -0.1) is 11.3 Å². The summed E-state index contributed by atoms with van der Waals surface area (Å²) in [6, 6.07) is 4.91. The van der Waals surface area contributed by atoms with Crippen LogP contribution in [-0.2, 0) is 4.74 Å². The molecule has 1 N–H and O–H groups in total. The van der Waals surface area contributed by atoms with Crippen LogP contribution >= 0.6 is 11.3 Å². The molecule has 0 bridgehead atoms. The highest BCUT2D eigenvalue weighted by Crippen LogP contribution is 2.42. The predicted molar refractivity (Wildman–Crippen MR) is 73.4 cm³/mol. The first-order valence-electron chi connectivity index (χ1n) is 6.26. The summed E-state index contributed by atoms with van der Waals surface area (Å²) < 4.78 is 5.50. The Kier molecular flexibility index (Phi) is 4.77. The van der Waals surface area contributed by atoms with Crippen molar-refractivity contribution in [3.63, 3.8) is 0 Å². The quantitative estimate of drug-likeness (QED) is 0.565. The van der Waals surface area contributed by atoms with E-state index in [9.17, 15) is 0 Å². The van der Waals surface area contributed by atoms with E-state index in [0.29, 0.717) is 12.6 Å². The molecule has 94 valence electrons. The van der Waals surface area contributed by atoms with Crippen molar-refractivity contribution in [2.75, 3.05) is 19.8 Å². The van der Waals surface area contributed by atoms with Crippen molar-refractivity contribution in [3.05, 3.63) is 34.5 Å². The molecule has 1 fully saturated rings. The zero-order valence-electron chi connectivity index (χ0n) is 10.4. The van der Waals surface area contributed by atoms with Crippen LogP contribution in [0.4, 0.5) is 0 Å². The summed E-state index contributed by atoms with van der Waals surface area (Å²) in [4.78, 5) is 1.47. The lowest BCUT2D eigenvalue weighted by Crippen LogP contribution is -2.26. The Bertz CT molecular complexity index is 343. The zero-order valence-corrected chi connectivity index (χ0v) is 11.3. The number of ether oxygens (including phenoxy) is 1. The first kappa shape index (κ1) is 12.8. The molecule has 1 aliphatic carbocycles. The van der Waals surface area contributed by atoms with Gasteiger partial charge in [0.05, 0.1) is 13.2 Å². The second kappa shape index (κ2) is 6.34. The fourth-order valence-electron chi connectivity index (χ4n) is 1.93. The van der Waals surface area contributed by atoms with E-state index in [-0.39, 0.29) is 0 Å². The van der Waals surface area contributed by atoms with Crippen LogP contribution in [0.1, 0.15) is 30.7 Å². The molecule has 1 atom stereocenters. The Morgan fingerprint density at radius 3 is 3.06 bits per heavy atom. The van der Waals surface area contributed by atoms with Gasteiger partial charge < -0.3 is 10.1 Å². The van der Waals surface area contributed by atoms with Crippen LogP contribution in [0.25, 0.3) is 0 Å². The molecule has 0 aliphatic heterocycles. The highest BCUT2D eigenvalue weighted by atomic mass is 32.1. The minimum Gasteiger partial charge on any atom is -0.376 e. The van der Waals surface area contributed by atoms with E-state index in [2.05, 4.69) is 29.4 Å². The van der Waals surface area contributed by atoms with E-state index in [0.717, 1.165) is 24.6 Å². The van der Waals surface area contributed by atoms with Gasteiger partial charge in [0.2, 0.25) is 0 Å². The van der Waals surface area contributed by atoms with Crippen molar-refractivity contribution in [1.82, 2.24) is 5.32 Å². The highest BCUT2D eigenvalue weighted by molar-refractivity contribution is 7.10. The second-order valence-electron chi connectivity index (χ2n) is 4.79. The third-order valence-corrected chi connectivity index (χ3v) is 3.86. The van der Waals surface area contributed by atoms with E-state index >= 15 is 0 Å². The Balaban J connectivity index is 1.70. The first-order valence-corrected chi connectivity index (χ1v) is 7.14. The van der Waals surface area contributed by atoms with Crippen LogP contribution in [0.2, 0.25) is 0 Å². The van der Waals surface area contributed by atoms with Gasteiger partial charge in [-0.05, 0) is 37.1 Å². The Morgan fingerprint density at radius 1 is 1.65 bits per heavy atom. The van der Waals surface area contributed by atoms with Gasteiger partial charge in [0.1, 0.15) is 0 Å². The minimum atomic E-state index is 0.545. The van der Waals surface area contributed by atoms with Crippen LogP contribution in [0.3, 0.4) is 0 Å². The van der Waals surface area contributed by atoms with Crippen molar-refractivity contribution in [3.8, 4) is 0 Å². The average Bonchev–Trinajstić information content (AvgIpc) is 2.98. The standard InChI is InChI=1S/C14H21NOS/c1-11(2)10-16-8-7-15-14(12-5-6-12)13-4-3-9-17-13/h3-4,9,12,14-15H,1,5-8,10H2,2H3. The van der Waals surface area contributed by atoms with Gasteiger partial charge in [0, 0.05) is 17.5 Å². The molecule has 0 amide bonds. The molecule has 0 radical (unpaired) electrons. The van der Waals surface area contributed by atoms with Gasteiger partial charge >= 0.3 is 0 Å². The van der Waals surface area contributed by atoms with E-state index < -0.39 is 0 Å². The Hall–Kier alpha value is -0.640. The topological polar surface area (TPSA) is 21.3 Å². The summed E-state index contributed by atoms with van der Waals surface area (Å²) in [6.45, 7) is 8.18. The summed E-state index contributed by atoms with van der Waals surface area (Å²) in [5, 5.41) is 5.77. The number of hydrogen-bond donors (Lipinski definition) is 1. The van der Waals surface area contributed by atoms with E-state index in [4.69, 9.17) is 4.74 Å². The molecule has 1 saturated carbocycles. The molecule has 3 heteroatoms. The van der Waals surface area contributed by atoms with Gasteiger partial charge in [-0.1, -0.05) is 18.2 Å². The molecule has 0 aromatic carbocycles. The molecule has 2 rings (SSSR count). The molecule has 1 aromatic rings. The summed E-state index contributed by atoms with van der Waals surface area (Å²) in [5.74, 6) is 0.842. The van der Waals surface area contributed by atoms with Gasteiger partial charge in [-0.2, -0.15) is 0 Å². The lowest BCUT2D eigenvalue weighted by Gasteiger charge is -2.16. The molecule has 1 aliphatic rings. The zero-order chi connectivity index (χ0) is 12.1. The summed E-state index contributed by atoms with van der Waals surface area (Å²) in [5.41, 5.74) is 1.09. The minimum absolute atomic E-state index is 0.545. The molecule has 1 unspecified atom stereocenters. The Morgan fingerprint density at radius 2 is 2.47 bits per heavy atom. The van der Waals surface area contributed by atoms with Crippen molar-refractivity contribution < 1.29 is 4.74 Å². The maximum atomic E-state index is 5.50. The van der Waals surface area contributed by atoms with Crippen molar-refractivity contribution in [2.24, 2.45) is 5.92 Å². The number of nitrogens with one attached hydrogen (secondary N) is 1. The SMILES string of the molecule is C=C(C)COCCNC(c1cccs1)C1CC1. The molecule has 0 saturated heterocycles. The molecular formula is C14H21NOS. The second-order valence-corrected chi connectivity index (χ2v) is 5.77. The predicted octanol–water partition coefficient (Wildman–Crippen LogP) is 3.38. The monoisotopic (exact) mass is 251 g/mol. The van der Waals surface area contributed by atoms with Crippen LogP contribution in [0.15, 0.2) is 29.7 Å². The Labute approximate surface area is 108 Å². The third kappa shape index (κ3) is 4.26. The molecule has 0 spiro atoms. The lowest BCUT2D eigenvalue weighted by atomic mass is 10.1. The maximum Gasteiger partial charge on any atom is 0.0672 e. The van der Waals surface area contributed by atoms with Crippen LogP contribution in [0.5, 0.6) is 0 Å². The van der Waals surface area contributed by atoms with E-state index in [1.807, 2.05) is 18.3 Å². The van der Waals surface area contributed by atoms with E-state index in [1.165, 1.54) is 17.7 Å². The molecular weight excluding hydrogens is 230 g/mol. The lowest BCUT2D eigenvalue weighted by molar-refractivity contribution is 0.154. The molecule has 1 heterocycles. The van der Waals surface area contributed by atoms with Crippen molar-refractivity contribution in [2.45, 2.75) is 25.8 Å².